The normalized spacial score (nSPS) is 29.1. The molecule has 29 heavy (non-hydrogen) atoms. The van der Waals surface area contributed by atoms with Crippen molar-refractivity contribution in [2.45, 2.75) is 50.5 Å². The molecular formula is C23H26N2O4. The number of carbonyl (C=O) groups excluding carboxylic acids is 3. The number of amides is 1. The van der Waals surface area contributed by atoms with Crippen LogP contribution in [0.3, 0.4) is 0 Å². The van der Waals surface area contributed by atoms with Gasteiger partial charge in [0, 0.05) is 17.6 Å². The van der Waals surface area contributed by atoms with Gasteiger partial charge in [-0.1, -0.05) is 12.1 Å². The van der Waals surface area contributed by atoms with Gasteiger partial charge in [-0.05, 0) is 68.4 Å². The lowest BCUT2D eigenvalue weighted by molar-refractivity contribution is -0.153. The topological polar surface area (TPSA) is 87.5 Å². The van der Waals surface area contributed by atoms with Crippen LogP contribution in [0.1, 0.15) is 65.7 Å². The quantitative estimate of drug-likeness (QED) is 0.523. The van der Waals surface area contributed by atoms with E-state index in [1.807, 2.05) is 4.90 Å². The highest BCUT2D eigenvalue weighted by Crippen LogP contribution is 2.57. The van der Waals surface area contributed by atoms with E-state index in [0.29, 0.717) is 41.7 Å². The molecule has 0 saturated heterocycles. The fraction of sp³-hybridized carbons (Fsp3) is 0.565. The summed E-state index contributed by atoms with van der Waals surface area (Å²) in [6.07, 6.45) is 7.83. The van der Waals surface area contributed by atoms with Gasteiger partial charge in [-0.25, -0.2) is 4.79 Å². The maximum Gasteiger partial charge on any atom is 0.338 e. The van der Waals surface area contributed by atoms with Crippen molar-refractivity contribution in [3.8, 4) is 6.07 Å². The Labute approximate surface area is 170 Å². The summed E-state index contributed by atoms with van der Waals surface area (Å²) in [7, 11) is 0. The Morgan fingerprint density at radius 2 is 1.69 bits per heavy atom. The standard InChI is InChI=1S/C23H26N2O4/c24-6-1-7-25(23-11-17-8-18(12-23)10-19(9-17)13-23)21(27)15-29-22(28)20-4-2-16(14-26)3-5-20/h2-5,14,17-19H,1,7-13,15H2. The van der Waals surface area contributed by atoms with Crippen LogP contribution in [0.4, 0.5) is 0 Å². The molecule has 6 nitrogen and oxygen atoms in total. The molecule has 4 bridgehead atoms. The highest BCUT2D eigenvalue weighted by atomic mass is 16.5. The highest BCUT2D eigenvalue weighted by molar-refractivity contribution is 5.92. The SMILES string of the molecule is N#CCCN(C(=O)COC(=O)c1ccc(C=O)cc1)C12CC3CC(CC(C3)C1)C2. The molecule has 0 aliphatic heterocycles. The van der Waals surface area contributed by atoms with E-state index in [4.69, 9.17) is 10.00 Å². The smallest absolute Gasteiger partial charge is 0.338 e. The van der Waals surface area contributed by atoms with Crippen LogP contribution in [0, 0.1) is 29.1 Å². The number of esters is 1. The van der Waals surface area contributed by atoms with Crippen LogP contribution < -0.4 is 0 Å². The molecule has 1 amide bonds. The van der Waals surface area contributed by atoms with Gasteiger partial charge in [0.25, 0.3) is 5.91 Å². The van der Waals surface area contributed by atoms with Crippen molar-refractivity contribution in [1.82, 2.24) is 4.90 Å². The molecule has 0 atom stereocenters. The molecule has 1 aromatic rings. The van der Waals surface area contributed by atoms with Gasteiger partial charge in [-0.2, -0.15) is 5.26 Å². The Kier molecular flexibility index (Phi) is 5.40. The third-order valence-electron chi connectivity index (χ3n) is 6.94. The van der Waals surface area contributed by atoms with Gasteiger partial charge in [0.2, 0.25) is 0 Å². The van der Waals surface area contributed by atoms with Gasteiger partial charge in [-0.3, -0.25) is 9.59 Å². The fourth-order valence-electron chi connectivity index (χ4n) is 6.17. The first-order valence-corrected chi connectivity index (χ1v) is 10.4. The largest absolute Gasteiger partial charge is 0.452 e. The molecule has 0 aromatic heterocycles. The van der Waals surface area contributed by atoms with E-state index in [9.17, 15) is 14.4 Å². The molecule has 152 valence electrons. The number of carbonyl (C=O) groups is 3. The van der Waals surface area contributed by atoms with E-state index in [2.05, 4.69) is 6.07 Å². The lowest BCUT2D eigenvalue weighted by Gasteiger charge is -2.60. The first-order chi connectivity index (χ1) is 14.0. The summed E-state index contributed by atoms with van der Waals surface area (Å²) in [5.74, 6) is 1.24. The zero-order chi connectivity index (χ0) is 20.4. The van der Waals surface area contributed by atoms with Gasteiger partial charge < -0.3 is 9.64 Å². The molecule has 0 spiro atoms. The molecule has 4 saturated carbocycles. The van der Waals surface area contributed by atoms with Gasteiger partial charge >= 0.3 is 5.97 Å². The number of hydrogen-bond acceptors (Lipinski definition) is 5. The Morgan fingerprint density at radius 1 is 1.10 bits per heavy atom. The predicted octanol–water partition coefficient (Wildman–Crippen LogP) is 3.37. The van der Waals surface area contributed by atoms with Crippen molar-refractivity contribution in [2.24, 2.45) is 17.8 Å². The molecule has 4 aliphatic rings. The minimum absolute atomic E-state index is 0.166. The van der Waals surface area contributed by atoms with Gasteiger partial charge in [0.05, 0.1) is 18.1 Å². The van der Waals surface area contributed by atoms with Gasteiger partial charge in [0.1, 0.15) is 6.29 Å². The third-order valence-corrected chi connectivity index (χ3v) is 6.94. The molecule has 0 N–H and O–H groups in total. The predicted molar refractivity (Wildman–Crippen MR) is 105 cm³/mol. The number of hydrogen-bond donors (Lipinski definition) is 0. The van der Waals surface area contributed by atoms with Crippen molar-refractivity contribution in [1.29, 1.82) is 5.26 Å². The zero-order valence-corrected chi connectivity index (χ0v) is 16.5. The van der Waals surface area contributed by atoms with Crippen molar-refractivity contribution in [2.75, 3.05) is 13.2 Å². The third kappa shape index (κ3) is 3.91. The summed E-state index contributed by atoms with van der Waals surface area (Å²) in [6, 6.07) is 8.27. The van der Waals surface area contributed by atoms with Crippen LogP contribution in [0.15, 0.2) is 24.3 Å². The molecule has 0 heterocycles. The van der Waals surface area contributed by atoms with E-state index < -0.39 is 5.97 Å². The lowest BCUT2D eigenvalue weighted by Crippen LogP contribution is -2.62. The molecule has 5 rings (SSSR count). The number of nitrogens with zero attached hydrogens (tertiary/aromatic N) is 2. The second-order valence-corrected chi connectivity index (χ2v) is 8.91. The van der Waals surface area contributed by atoms with Gasteiger partial charge in [0.15, 0.2) is 6.61 Å². The number of ether oxygens (including phenoxy) is 1. The molecular weight excluding hydrogens is 368 g/mol. The van der Waals surface area contributed by atoms with Crippen molar-refractivity contribution < 1.29 is 19.1 Å². The van der Waals surface area contributed by atoms with E-state index >= 15 is 0 Å². The zero-order valence-electron chi connectivity index (χ0n) is 16.5. The average Bonchev–Trinajstić information content (AvgIpc) is 2.71. The molecule has 0 radical (unpaired) electrons. The summed E-state index contributed by atoms with van der Waals surface area (Å²) in [5.41, 5.74) is 0.615. The lowest BCUT2D eigenvalue weighted by atomic mass is 9.52. The number of aldehydes is 1. The van der Waals surface area contributed by atoms with E-state index in [-0.39, 0.29) is 24.5 Å². The van der Waals surface area contributed by atoms with Crippen LogP contribution in [0.5, 0.6) is 0 Å². The van der Waals surface area contributed by atoms with Crippen LogP contribution in [-0.4, -0.2) is 41.8 Å². The van der Waals surface area contributed by atoms with E-state index in [0.717, 1.165) is 19.3 Å². The van der Waals surface area contributed by atoms with Crippen molar-refractivity contribution >= 4 is 18.2 Å². The summed E-state index contributed by atoms with van der Waals surface area (Å²) in [5, 5.41) is 9.09. The van der Waals surface area contributed by atoms with Crippen molar-refractivity contribution in [3.05, 3.63) is 35.4 Å². The summed E-state index contributed by atoms with van der Waals surface area (Å²) < 4.78 is 5.29. The first kappa shape index (κ1) is 19.6. The minimum Gasteiger partial charge on any atom is -0.452 e. The average molecular weight is 394 g/mol. The Balaban J connectivity index is 1.44. The Bertz CT molecular complexity index is 804. The maximum atomic E-state index is 13.1. The fourth-order valence-corrected chi connectivity index (χ4v) is 6.17. The van der Waals surface area contributed by atoms with Crippen LogP contribution in [0.25, 0.3) is 0 Å². The van der Waals surface area contributed by atoms with E-state index in [1.165, 1.54) is 31.4 Å². The van der Waals surface area contributed by atoms with Gasteiger partial charge in [-0.15, -0.1) is 0 Å². The first-order valence-electron chi connectivity index (χ1n) is 10.4. The van der Waals surface area contributed by atoms with Crippen LogP contribution in [0.2, 0.25) is 0 Å². The summed E-state index contributed by atoms with van der Waals surface area (Å²) in [4.78, 5) is 38.0. The monoisotopic (exact) mass is 394 g/mol. The molecule has 6 heteroatoms. The van der Waals surface area contributed by atoms with Crippen LogP contribution in [-0.2, 0) is 9.53 Å². The Hall–Kier alpha value is -2.68. The van der Waals surface area contributed by atoms with E-state index in [1.54, 1.807) is 12.1 Å². The minimum atomic E-state index is -0.582. The maximum absolute atomic E-state index is 13.1. The Morgan fingerprint density at radius 3 is 2.21 bits per heavy atom. The molecule has 4 aliphatic carbocycles. The van der Waals surface area contributed by atoms with Crippen molar-refractivity contribution in [3.63, 3.8) is 0 Å². The van der Waals surface area contributed by atoms with Crippen LogP contribution >= 0.6 is 0 Å². The number of nitriles is 1. The summed E-state index contributed by atoms with van der Waals surface area (Å²) >= 11 is 0. The molecule has 4 fully saturated rings. The molecule has 1 aromatic carbocycles. The second-order valence-electron chi connectivity index (χ2n) is 8.91. The summed E-state index contributed by atoms with van der Waals surface area (Å²) in [6.45, 7) is 0.0779. The number of benzene rings is 1. The molecule has 0 unspecified atom stereocenters. The number of rotatable bonds is 7. The second kappa shape index (κ2) is 7.98. The highest BCUT2D eigenvalue weighted by Gasteiger charge is 2.54.